The highest BCUT2D eigenvalue weighted by molar-refractivity contribution is 5.99. The van der Waals surface area contributed by atoms with Crippen LogP contribution in [-0.2, 0) is 22.5 Å². The summed E-state index contributed by atoms with van der Waals surface area (Å²) in [6.45, 7) is 2.65. The zero-order valence-electron chi connectivity index (χ0n) is 11.8. The molecule has 0 saturated carbocycles. The number of ether oxygens (including phenoxy) is 1. The van der Waals surface area contributed by atoms with E-state index in [2.05, 4.69) is 5.32 Å². The molecule has 21 heavy (non-hydrogen) atoms. The van der Waals surface area contributed by atoms with Crippen LogP contribution in [0.1, 0.15) is 21.5 Å². The first-order valence-electron chi connectivity index (χ1n) is 7.18. The minimum Gasteiger partial charge on any atom is -0.377 e. The smallest absolute Gasteiger partial charge is 0.254 e. The molecule has 3 rings (SSSR count). The van der Waals surface area contributed by atoms with Gasteiger partial charge in [-0.3, -0.25) is 9.59 Å². The monoisotopic (exact) mass is 289 g/mol. The second kappa shape index (κ2) is 5.83. The molecule has 6 nitrogen and oxygen atoms in total. The Labute approximate surface area is 123 Å². The van der Waals surface area contributed by atoms with Crippen molar-refractivity contribution in [1.29, 1.82) is 0 Å². The van der Waals surface area contributed by atoms with Gasteiger partial charge in [0.15, 0.2) is 0 Å². The number of benzene rings is 1. The quantitative estimate of drug-likeness (QED) is 0.780. The summed E-state index contributed by atoms with van der Waals surface area (Å²) in [7, 11) is 0. The number of carbonyl (C=O) groups is 2. The number of hydrogen-bond acceptors (Lipinski definition) is 4. The number of carbonyl (C=O) groups excluding carboxylic acids is 2. The average Bonchev–Trinajstić information content (AvgIpc) is 2.53. The first-order valence-corrected chi connectivity index (χ1v) is 7.18. The molecule has 2 amide bonds. The Bertz CT molecular complexity index is 573. The molecule has 1 aromatic rings. The van der Waals surface area contributed by atoms with Gasteiger partial charge in [-0.25, -0.2) is 0 Å². The number of rotatable bonds is 2. The number of fused-ring (bicyclic) bond motifs is 1. The Hall–Kier alpha value is -1.92. The van der Waals surface area contributed by atoms with Gasteiger partial charge >= 0.3 is 0 Å². The van der Waals surface area contributed by atoms with Gasteiger partial charge in [-0.2, -0.15) is 0 Å². The highest BCUT2D eigenvalue weighted by Crippen LogP contribution is 2.22. The number of nitrogens with zero attached hydrogens (tertiary/aromatic N) is 1. The molecule has 0 spiro atoms. The molecule has 1 saturated heterocycles. The third-order valence-electron chi connectivity index (χ3n) is 4.09. The standard InChI is InChI=1S/C15H19N3O3/c16-14(19)13-9-21-7-6-18(13)15(20)12-3-1-2-10-8-17-5-4-11(10)12/h1-3,13,17H,4-9H2,(H2,16,19). The molecule has 0 aliphatic carbocycles. The maximum Gasteiger partial charge on any atom is 0.254 e. The van der Waals surface area contributed by atoms with Crippen LogP contribution in [0.2, 0.25) is 0 Å². The van der Waals surface area contributed by atoms with E-state index in [0.717, 1.165) is 30.6 Å². The summed E-state index contributed by atoms with van der Waals surface area (Å²) in [5.41, 5.74) is 8.30. The van der Waals surface area contributed by atoms with E-state index in [0.29, 0.717) is 18.7 Å². The lowest BCUT2D eigenvalue weighted by molar-refractivity contribution is -0.127. The molecule has 1 aromatic carbocycles. The summed E-state index contributed by atoms with van der Waals surface area (Å²) >= 11 is 0. The Kier molecular flexibility index (Phi) is 3.90. The van der Waals surface area contributed by atoms with Crippen LogP contribution in [-0.4, -0.2) is 49.1 Å². The summed E-state index contributed by atoms with van der Waals surface area (Å²) in [6, 6.07) is 5.07. The fourth-order valence-electron chi connectivity index (χ4n) is 2.97. The van der Waals surface area contributed by atoms with E-state index in [9.17, 15) is 9.59 Å². The molecule has 0 bridgehead atoms. The van der Waals surface area contributed by atoms with E-state index in [4.69, 9.17) is 10.5 Å². The Morgan fingerprint density at radius 2 is 2.24 bits per heavy atom. The number of nitrogens with two attached hydrogens (primary N) is 1. The maximum atomic E-state index is 12.8. The van der Waals surface area contributed by atoms with Crippen molar-refractivity contribution < 1.29 is 14.3 Å². The fraction of sp³-hybridized carbons (Fsp3) is 0.467. The minimum absolute atomic E-state index is 0.124. The summed E-state index contributed by atoms with van der Waals surface area (Å²) < 4.78 is 5.27. The van der Waals surface area contributed by atoms with Crippen molar-refractivity contribution >= 4 is 11.8 Å². The molecular weight excluding hydrogens is 270 g/mol. The zero-order valence-corrected chi connectivity index (χ0v) is 11.8. The van der Waals surface area contributed by atoms with Crippen LogP contribution in [0.5, 0.6) is 0 Å². The van der Waals surface area contributed by atoms with E-state index in [1.54, 1.807) is 4.90 Å². The number of morpholine rings is 1. The second-order valence-electron chi connectivity index (χ2n) is 5.36. The van der Waals surface area contributed by atoms with Crippen LogP contribution in [0.25, 0.3) is 0 Å². The SMILES string of the molecule is NC(=O)C1COCCN1C(=O)c1cccc2c1CCNC2. The molecule has 3 N–H and O–H groups in total. The third-order valence-corrected chi connectivity index (χ3v) is 4.09. The van der Waals surface area contributed by atoms with Crippen LogP contribution in [0, 0.1) is 0 Å². The van der Waals surface area contributed by atoms with Gasteiger partial charge in [0.05, 0.1) is 13.2 Å². The van der Waals surface area contributed by atoms with Gasteiger partial charge in [-0.1, -0.05) is 12.1 Å². The molecule has 112 valence electrons. The van der Waals surface area contributed by atoms with E-state index < -0.39 is 11.9 Å². The van der Waals surface area contributed by atoms with Crippen molar-refractivity contribution in [2.45, 2.75) is 19.0 Å². The molecule has 1 unspecified atom stereocenters. The van der Waals surface area contributed by atoms with Crippen LogP contribution in [0.3, 0.4) is 0 Å². The van der Waals surface area contributed by atoms with Crippen LogP contribution in [0.15, 0.2) is 18.2 Å². The summed E-state index contributed by atoms with van der Waals surface area (Å²) in [4.78, 5) is 25.9. The van der Waals surface area contributed by atoms with Crippen molar-refractivity contribution in [3.05, 3.63) is 34.9 Å². The average molecular weight is 289 g/mol. The molecule has 0 radical (unpaired) electrons. The van der Waals surface area contributed by atoms with E-state index in [-0.39, 0.29) is 12.5 Å². The third kappa shape index (κ3) is 2.64. The van der Waals surface area contributed by atoms with Crippen LogP contribution in [0.4, 0.5) is 0 Å². The number of hydrogen-bond donors (Lipinski definition) is 2. The Balaban J connectivity index is 1.92. The largest absolute Gasteiger partial charge is 0.377 e. The first kappa shape index (κ1) is 14.0. The highest BCUT2D eigenvalue weighted by Gasteiger charge is 2.33. The molecule has 2 heterocycles. The first-order chi connectivity index (χ1) is 10.2. The zero-order chi connectivity index (χ0) is 14.8. The van der Waals surface area contributed by atoms with Gasteiger partial charge in [0.25, 0.3) is 5.91 Å². The maximum absolute atomic E-state index is 12.8. The van der Waals surface area contributed by atoms with Gasteiger partial charge in [0.1, 0.15) is 6.04 Å². The van der Waals surface area contributed by atoms with Crippen molar-refractivity contribution in [3.8, 4) is 0 Å². The normalized spacial score (nSPS) is 21.7. The lowest BCUT2D eigenvalue weighted by Gasteiger charge is -2.34. The molecule has 6 heteroatoms. The highest BCUT2D eigenvalue weighted by atomic mass is 16.5. The van der Waals surface area contributed by atoms with Crippen LogP contribution >= 0.6 is 0 Å². The van der Waals surface area contributed by atoms with Gasteiger partial charge in [0.2, 0.25) is 5.91 Å². The number of amides is 2. The van der Waals surface area contributed by atoms with Crippen molar-refractivity contribution in [1.82, 2.24) is 10.2 Å². The Morgan fingerprint density at radius 3 is 3.05 bits per heavy atom. The van der Waals surface area contributed by atoms with Gasteiger partial charge in [0, 0.05) is 18.7 Å². The van der Waals surface area contributed by atoms with E-state index in [1.165, 1.54) is 0 Å². The predicted octanol–water partition coefficient (Wildman–Crippen LogP) is -0.341. The topological polar surface area (TPSA) is 84.7 Å². The number of primary amides is 1. The van der Waals surface area contributed by atoms with Crippen molar-refractivity contribution in [2.24, 2.45) is 5.73 Å². The van der Waals surface area contributed by atoms with E-state index >= 15 is 0 Å². The minimum atomic E-state index is -0.677. The molecule has 2 aliphatic heterocycles. The summed E-state index contributed by atoms with van der Waals surface area (Å²) in [5, 5.41) is 3.29. The number of nitrogens with one attached hydrogen (secondary N) is 1. The fourth-order valence-corrected chi connectivity index (χ4v) is 2.97. The second-order valence-corrected chi connectivity index (χ2v) is 5.36. The lowest BCUT2D eigenvalue weighted by Crippen LogP contribution is -2.55. The summed E-state index contributed by atoms with van der Waals surface area (Å²) in [6.07, 6.45) is 0.822. The van der Waals surface area contributed by atoms with E-state index in [1.807, 2.05) is 18.2 Å². The predicted molar refractivity (Wildman–Crippen MR) is 76.7 cm³/mol. The van der Waals surface area contributed by atoms with Crippen LogP contribution < -0.4 is 11.1 Å². The Morgan fingerprint density at radius 1 is 1.38 bits per heavy atom. The van der Waals surface area contributed by atoms with Gasteiger partial charge < -0.3 is 20.7 Å². The van der Waals surface area contributed by atoms with Gasteiger partial charge in [-0.05, 0) is 30.2 Å². The molecule has 1 fully saturated rings. The molecule has 0 aromatic heterocycles. The van der Waals surface area contributed by atoms with Crippen molar-refractivity contribution in [3.63, 3.8) is 0 Å². The lowest BCUT2D eigenvalue weighted by atomic mass is 9.94. The summed E-state index contributed by atoms with van der Waals surface area (Å²) in [5.74, 6) is -0.643. The molecule has 1 atom stereocenters. The van der Waals surface area contributed by atoms with Gasteiger partial charge in [-0.15, -0.1) is 0 Å². The molecular formula is C15H19N3O3. The van der Waals surface area contributed by atoms with Crippen molar-refractivity contribution in [2.75, 3.05) is 26.3 Å². The molecule has 2 aliphatic rings.